The summed E-state index contributed by atoms with van der Waals surface area (Å²) in [6, 6.07) is -0.716. The van der Waals surface area contributed by atoms with E-state index in [4.69, 9.17) is 16.6 Å². The Bertz CT molecular complexity index is 118. The van der Waals surface area contributed by atoms with Gasteiger partial charge in [-0.1, -0.05) is 6.42 Å². The average molecular weight is 470 g/mol. The number of aliphatic carboxylic acids is 1. The number of hydrogen-bond acceptors (Lipinski definition) is 3. The molecular formula is C6H18Br4N2O2. The highest BCUT2D eigenvalue weighted by Crippen LogP contribution is 1.96. The van der Waals surface area contributed by atoms with Gasteiger partial charge in [0.05, 0.1) is 0 Å². The van der Waals surface area contributed by atoms with Gasteiger partial charge in [0.15, 0.2) is 0 Å². The van der Waals surface area contributed by atoms with Gasteiger partial charge in [0.1, 0.15) is 6.04 Å². The van der Waals surface area contributed by atoms with Gasteiger partial charge >= 0.3 is 5.97 Å². The number of halogens is 4. The molecule has 0 saturated heterocycles. The minimum Gasteiger partial charge on any atom is -0.480 e. The van der Waals surface area contributed by atoms with Crippen LogP contribution in [-0.4, -0.2) is 23.7 Å². The molecule has 5 N–H and O–H groups in total. The first-order valence-electron chi connectivity index (χ1n) is 3.37. The van der Waals surface area contributed by atoms with Crippen molar-refractivity contribution in [1.82, 2.24) is 0 Å². The molecule has 0 radical (unpaired) electrons. The van der Waals surface area contributed by atoms with Crippen LogP contribution in [-0.2, 0) is 4.79 Å². The zero-order chi connectivity index (χ0) is 7.98. The van der Waals surface area contributed by atoms with Crippen LogP contribution < -0.4 is 11.5 Å². The van der Waals surface area contributed by atoms with Crippen LogP contribution in [0, 0.1) is 0 Å². The Morgan fingerprint density at radius 2 is 1.57 bits per heavy atom. The third-order valence-electron chi connectivity index (χ3n) is 1.29. The molecule has 0 unspecified atom stereocenters. The van der Waals surface area contributed by atoms with E-state index in [9.17, 15) is 4.79 Å². The minimum absolute atomic E-state index is 0. The lowest BCUT2D eigenvalue weighted by molar-refractivity contribution is -0.138. The molecule has 0 rings (SSSR count). The summed E-state index contributed by atoms with van der Waals surface area (Å²) in [7, 11) is 0. The third kappa shape index (κ3) is 19.0. The largest absolute Gasteiger partial charge is 0.480 e. The van der Waals surface area contributed by atoms with Gasteiger partial charge in [-0.3, -0.25) is 4.79 Å². The molecule has 0 aliphatic carbocycles. The van der Waals surface area contributed by atoms with E-state index < -0.39 is 12.0 Å². The van der Waals surface area contributed by atoms with E-state index in [2.05, 4.69) is 0 Å². The highest BCUT2D eigenvalue weighted by atomic mass is 79.9. The van der Waals surface area contributed by atoms with Crippen molar-refractivity contribution in [1.29, 1.82) is 0 Å². The minimum atomic E-state index is -0.933. The Hall–Kier alpha value is 1.31. The van der Waals surface area contributed by atoms with Gasteiger partial charge < -0.3 is 16.6 Å². The Balaban J connectivity index is -0.0000000675. The van der Waals surface area contributed by atoms with E-state index in [1.807, 2.05) is 0 Å². The smallest absolute Gasteiger partial charge is 0.320 e. The van der Waals surface area contributed by atoms with Gasteiger partial charge in [0, 0.05) is 0 Å². The molecule has 8 heteroatoms. The highest BCUT2D eigenvalue weighted by molar-refractivity contribution is 8.93. The average Bonchev–Trinajstić information content (AvgIpc) is 1.88. The molecule has 0 aromatic carbocycles. The van der Waals surface area contributed by atoms with Crippen LogP contribution in [0.3, 0.4) is 0 Å². The second kappa shape index (κ2) is 19.8. The van der Waals surface area contributed by atoms with Gasteiger partial charge in [-0.2, -0.15) is 0 Å². The number of carboxylic acids is 1. The van der Waals surface area contributed by atoms with Gasteiger partial charge in [0.2, 0.25) is 0 Å². The summed E-state index contributed by atoms with van der Waals surface area (Å²) in [4.78, 5) is 10.1. The van der Waals surface area contributed by atoms with Crippen LogP contribution >= 0.6 is 67.9 Å². The summed E-state index contributed by atoms with van der Waals surface area (Å²) in [6.07, 6.45) is 2.16. The van der Waals surface area contributed by atoms with Crippen molar-refractivity contribution in [3.8, 4) is 0 Å². The van der Waals surface area contributed by atoms with Crippen molar-refractivity contribution in [2.45, 2.75) is 25.3 Å². The SMILES string of the molecule is Br.Br.Br.Br.NCCCC[C@H](N)C(=O)O. The zero-order valence-electron chi connectivity index (χ0n) is 7.55. The first kappa shape index (κ1) is 29.5. The normalized spacial score (nSPS) is 9.29. The zero-order valence-corrected chi connectivity index (χ0v) is 14.4. The Morgan fingerprint density at radius 1 is 1.14 bits per heavy atom. The van der Waals surface area contributed by atoms with Gasteiger partial charge in [0.25, 0.3) is 0 Å². The summed E-state index contributed by atoms with van der Waals surface area (Å²) >= 11 is 0. The first-order chi connectivity index (χ1) is 4.68. The maximum atomic E-state index is 10.1. The lowest BCUT2D eigenvalue weighted by atomic mass is 10.1. The molecule has 0 spiro atoms. The molecule has 0 aromatic rings. The third-order valence-corrected chi connectivity index (χ3v) is 1.29. The molecule has 92 valence electrons. The van der Waals surface area contributed by atoms with Crippen LogP contribution in [0.2, 0.25) is 0 Å². The molecule has 14 heavy (non-hydrogen) atoms. The van der Waals surface area contributed by atoms with Crippen molar-refractivity contribution >= 4 is 73.9 Å². The molecule has 0 fully saturated rings. The maximum Gasteiger partial charge on any atom is 0.320 e. The fourth-order valence-corrected chi connectivity index (χ4v) is 0.632. The van der Waals surface area contributed by atoms with Crippen LogP contribution in [0.15, 0.2) is 0 Å². The van der Waals surface area contributed by atoms with E-state index in [0.29, 0.717) is 13.0 Å². The lowest BCUT2D eigenvalue weighted by Gasteiger charge is -2.03. The van der Waals surface area contributed by atoms with Crippen molar-refractivity contribution in [2.24, 2.45) is 11.5 Å². The van der Waals surface area contributed by atoms with Crippen molar-refractivity contribution in [3.05, 3.63) is 0 Å². The second-order valence-electron chi connectivity index (χ2n) is 2.23. The molecule has 0 aliphatic heterocycles. The summed E-state index contributed by atoms with van der Waals surface area (Å²) in [6.45, 7) is 0.604. The van der Waals surface area contributed by atoms with Crippen molar-refractivity contribution in [3.63, 3.8) is 0 Å². The Morgan fingerprint density at radius 3 is 1.86 bits per heavy atom. The molecule has 0 aliphatic rings. The van der Waals surface area contributed by atoms with Gasteiger partial charge in [-0.15, -0.1) is 67.9 Å². The summed E-state index contributed by atoms with van der Waals surface area (Å²) < 4.78 is 0. The fourth-order valence-electron chi connectivity index (χ4n) is 0.632. The highest BCUT2D eigenvalue weighted by Gasteiger charge is 2.09. The second-order valence-corrected chi connectivity index (χ2v) is 2.23. The quantitative estimate of drug-likeness (QED) is 0.536. The molecule has 1 atom stereocenters. The van der Waals surface area contributed by atoms with Crippen LogP contribution in [0.25, 0.3) is 0 Å². The summed E-state index contributed by atoms with van der Waals surface area (Å²) in [5, 5.41) is 8.33. The molecule has 0 aromatic heterocycles. The number of hydrogen-bond donors (Lipinski definition) is 3. The maximum absolute atomic E-state index is 10.1. The summed E-state index contributed by atoms with van der Waals surface area (Å²) in [5.41, 5.74) is 10.4. The lowest BCUT2D eigenvalue weighted by Crippen LogP contribution is -2.29. The first-order valence-corrected chi connectivity index (χ1v) is 3.37. The topological polar surface area (TPSA) is 89.3 Å². The van der Waals surface area contributed by atoms with Crippen molar-refractivity contribution in [2.75, 3.05) is 6.54 Å². The van der Waals surface area contributed by atoms with Gasteiger partial charge in [-0.25, -0.2) is 0 Å². The standard InChI is InChI=1S/C6H14N2O2.4BrH/c7-4-2-1-3-5(8)6(9)10;;;;/h5H,1-4,7-8H2,(H,9,10);4*1H/t5-;;;;/m0..../s1. The predicted molar refractivity (Wildman–Crippen MR) is 79.8 cm³/mol. The molecule has 0 heterocycles. The number of unbranched alkanes of at least 4 members (excludes halogenated alkanes) is 1. The van der Waals surface area contributed by atoms with E-state index in [-0.39, 0.29) is 67.9 Å². The van der Waals surface area contributed by atoms with E-state index in [1.165, 1.54) is 0 Å². The van der Waals surface area contributed by atoms with Crippen molar-refractivity contribution < 1.29 is 9.90 Å². The molecular weight excluding hydrogens is 452 g/mol. The van der Waals surface area contributed by atoms with Crippen LogP contribution in [0.4, 0.5) is 0 Å². The Labute approximate surface area is 126 Å². The van der Waals surface area contributed by atoms with E-state index in [0.717, 1.165) is 12.8 Å². The number of rotatable bonds is 5. The number of nitrogens with two attached hydrogens (primary N) is 2. The summed E-state index contributed by atoms with van der Waals surface area (Å²) in [5.74, 6) is -0.933. The van der Waals surface area contributed by atoms with Gasteiger partial charge in [-0.05, 0) is 19.4 Å². The molecule has 0 saturated carbocycles. The Kier molecular flexibility index (Phi) is 41.8. The fraction of sp³-hybridized carbons (Fsp3) is 0.833. The number of carboxylic acid groups (broad SMARTS) is 1. The predicted octanol–water partition coefficient (Wildman–Crippen LogP) is 1.84. The monoisotopic (exact) mass is 466 g/mol. The van der Waals surface area contributed by atoms with Crippen LogP contribution in [0.1, 0.15) is 19.3 Å². The molecule has 4 nitrogen and oxygen atoms in total. The molecule has 0 amide bonds. The van der Waals surface area contributed by atoms with E-state index in [1.54, 1.807) is 0 Å². The molecule has 0 bridgehead atoms. The van der Waals surface area contributed by atoms with E-state index >= 15 is 0 Å². The number of carbonyl (C=O) groups is 1. The van der Waals surface area contributed by atoms with Crippen LogP contribution in [0.5, 0.6) is 0 Å².